The number of carbonyl (C=O) groups excluding carboxylic acids is 1. The van der Waals surface area contributed by atoms with E-state index in [0.29, 0.717) is 5.56 Å². The van der Waals surface area contributed by atoms with Gasteiger partial charge in [0.1, 0.15) is 0 Å². The summed E-state index contributed by atoms with van der Waals surface area (Å²) >= 11 is 5.80. The second kappa shape index (κ2) is 5.54. The fourth-order valence-electron chi connectivity index (χ4n) is 2.64. The molecule has 0 amide bonds. The summed E-state index contributed by atoms with van der Waals surface area (Å²) in [5, 5.41) is 0.351. The summed E-state index contributed by atoms with van der Waals surface area (Å²) in [5.41, 5.74) is 6.48. The summed E-state index contributed by atoms with van der Waals surface area (Å²) in [6.07, 6.45) is 0. The summed E-state index contributed by atoms with van der Waals surface area (Å²) in [6.45, 7) is 6.10. The minimum absolute atomic E-state index is 0.454. The minimum Gasteiger partial charge on any atom is -0.276 e. The van der Waals surface area contributed by atoms with Crippen LogP contribution in [0.3, 0.4) is 0 Å². The third kappa shape index (κ3) is 2.51. The standard InChI is InChI=1S/C19H16ClNO/c1-11-5-4-6-14(9-11)17-10-16(19(20)22)15-8-7-12(2)13(3)18(15)21-17/h4-10H,1-3H3. The van der Waals surface area contributed by atoms with Gasteiger partial charge in [0, 0.05) is 16.5 Å². The van der Waals surface area contributed by atoms with Crippen molar-refractivity contribution in [1.29, 1.82) is 0 Å². The van der Waals surface area contributed by atoms with Crippen molar-refractivity contribution in [3.63, 3.8) is 0 Å². The molecule has 0 aliphatic rings. The average Bonchev–Trinajstić information content (AvgIpc) is 2.50. The molecule has 0 N–H and O–H groups in total. The van der Waals surface area contributed by atoms with E-state index in [0.717, 1.165) is 38.9 Å². The molecular weight excluding hydrogens is 294 g/mol. The van der Waals surface area contributed by atoms with Gasteiger partial charge in [-0.15, -0.1) is 0 Å². The predicted molar refractivity (Wildman–Crippen MR) is 91.6 cm³/mol. The summed E-state index contributed by atoms with van der Waals surface area (Å²) in [7, 11) is 0. The first-order valence-electron chi connectivity index (χ1n) is 7.15. The number of nitrogens with zero attached hydrogens (tertiary/aromatic N) is 1. The molecule has 1 heterocycles. The molecule has 0 aliphatic heterocycles. The molecule has 3 heteroatoms. The van der Waals surface area contributed by atoms with Crippen molar-refractivity contribution >= 4 is 27.7 Å². The molecule has 0 saturated carbocycles. The summed E-state index contributed by atoms with van der Waals surface area (Å²) in [4.78, 5) is 16.6. The zero-order chi connectivity index (χ0) is 15.9. The second-order valence-electron chi connectivity index (χ2n) is 5.60. The molecule has 0 spiro atoms. The average molecular weight is 310 g/mol. The largest absolute Gasteiger partial charge is 0.276 e. The van der Waals surface area contributed by atoms with Gasteiger partial charge in [0.25, 0.3) is 5.24 Å². The van der Waals surface area contributed by atoms with Gasteiger partial charge in [0.05, 0.1) is 11.2 Å². The summed E-state index contributed by atoms with van der Waals surface area (Å²) in [5.74, 6) is 0. The van der Waals surface area contributed by atoms with Crippen molar-refractivity contribution < 1.29 is 4.79 Å². The highest BCUT2D eigenvalue weighted by atomic mass is 35.5. The van der Waals surface area contributed by atoms with Gasteiger partial charge in [-0.25, -0.2) is 4.98 Å². The van der Waals surface area contributed by atoms with E-state index in [1.165, 1.54) is 0 Å². The monoisotopic (exact) mass is 309 g/mol. The predicted octanol–water partition coefficient (Wildman–Crippen LogP) is 5.21. The van der Waals surface area contributed by atoms with Crippen LogP contribution < -0.4 is 0 Å². The lowest BCUT2D eigenvalue weighted by Crippen LogP contribution is -1.98. The molecule has 3 rings (SSSR count). The lowest BCUT2D eigenvalue weighted by Gasteiger charge is -2.11. The fraction of sp³-hybridized carbons (Fsp3) is 0.158. The first-order valence-corrected chi connectivity index (χ1v) is 7.53. The number of rotatable bonds is 2. The molecule has 0 unspecified atom stereocenters. The molecule has 0 saturated heterocycles. The summed E-state index contributed by atoms with van der Waals surface area (Å²) in [6, 6.07) is 13.8. The first-order chi connectivity index (χ1) is 10.5. The number of carbonyl (C=O) groups is 1. The van der Waals surface area contributed by atoms with Crippen LogP contribution in [0.5, 0.6) is 0 Å². The lowest BCUT2D eigenvalue weighted by atomic mass is 9.99. The van der Waals surface area contributed by atoms with E-state index in [9.17, 15) is 4.79 Å². The van der Waals surface area contributed by atoms with Crippen molar-refractivity contribution in [2.75, 3.05) is 0 Å². The number of aryl methyl sites for hydroxylation is 3. The number of hydrogen-bond acceptors (Lipinski definition) is 2. The molecule has 1 aromatic heterocycles. The Labute approximate surface area is 134 Å². The van der Waals surface area contributed by atoms with Crippen molar-refractivity contribution in [2.24, 2.45) is 0 Å². The Kier molecular flexibility index (Phi) is 3.71. The van der Waals surface area contributed by atoms with E-state index in [2.05, 4.69) is 6.07 Å². The highest BCUT2D eigenvalue weighted by Gasteiger charge is 2.14. The third-order valence-electron chi connectivity index (χ3n) is 4.03. The number of hydrogen-bond donors (Lipinski definition) is 0. The number of fused-ring (bicyclic) bond motifs is 1. The van der Waals surface area contributed by atoms with Crippen LogP contribution in [0.2, 0.25) is 0 Å². The molecule has 2 aromatic carbocycles. The van der Waals surface area contributed by atoms with Crippen LogP contribution in [-0.4, -0.2) is 10.2 Å². The van der Waals surface area contributed by atoms with Gasteiger partial charge in [-0.1, -0.05) is 35.9 Å². The highest BCUT2D eigenvalue weighted by molar-refractivity contribution is 6.68. The number of pyridine rings is 1. The number of benzene rings is 2. The van der Waals surface area contributed by atoms with Gasteiger partial charge < -0.3 is 0 Å². The molecule has 3 aromatic rings. The van der Waals surface area contributed by atoms with Crippen LogP contribution in [0.1, 0.15) is 27.0 Å². The van der Waals surface area contributed by atoms with Gasteiger partial charge in [0.2, 0.25) is 0 Å². The Morgan fingerprint density at radius 3 is 2.50 bits per heavy atom. The van der Waals surface area contributed by atoms with Crippen LogP contribution in [0, 0.1) is 20.8 Å². The van der Waals surface area contributed by atoms with Crippen LogP contribution in [0.15, 0.2) is 42.5 Å². The van der Waals surface area contributed by atoms with E-state index in [4.69, 9.17) is 16.6 Å². The Morgan fingerprint density at radius 2 is 1.82 bits per heavy atom. The van der Waals surface area contributed by atoms with Crippen LogP contribution >= 0.6 is 11.6 Å². The maximum absolute atomic E-state index is 11.8. The van der Waals surface area contributed by atoms with E-state index in [-0.39, 0.29) is 0 Å². The van der Waals surface area contributed by atoms with Crippen LogP contribution in [0.25, 0.3) is 22.2 Å². The van der Waals surface area contributed by atoms with Crippen molar-refractivity contribution in [1.82, 2.24) is 4.98 Å². The van der Waals surface area contributed by atoms with Gasteiger partial charge >= 0.3 is 0 Å². The van der Waals surface area contributed by atoms with Gasteiger partial charge in [0.15, 0.2) is 0 Å². The Hall–Kier alpha value is -2.19. The molecule has 0 bridgehead atoms. The lowest BCUT2D eigenvalue weighted by molar-refractivity contribution is 0.108. The maximum Gasteiger partial charge on any atom is 0.253 e. The molecule has 0 radical (unpaired) electrons. The topological polar surface area (TPSA) is 30.0 Å². The summed E-state index contributed by atoms with van der Waals surface area (Å²) < 4.78 is 0. The van der Waals surface area contributed by atoms with Gasteiger partial charge in [-0.3, -0.25) is 4.79 Å². The third-order valence-corrected chi connectivity index (χ3v) is 4.23. The highest BCUT2D eigenvalue weighted by Crippen LogP contribution is 2.29. The number of aromatic nitrogens is 1. The Balaban J connectivity index is 2.37. The minimum atomic E-state index is -0.454. The van der Waals surface area contributed by atoms with E-state index >= 15 is 0 Å². The molecule has 2 nitrogen and oxygen atoms in total. The van der Waals surface area contributed by atoms with Gasteiger partial charge in [-0.05, 0) is 55.6 Å². The van der Waals surface area contributed by atoms with E-state index in [1.54, 1.807) is 6.07 Å². The molecule has 0 fully saturated rings. The van der Waals surface area contributed by atoms with E-state index < -0.39 is 5.24 Å². The van der Waals surface area contributed by atoms with Crippen LogP contribution in [-0.2, 0) is 0 Å². The van der Waals surface area contributed by atoms with Gasteiger partial charge in [-0.2, -0.15) is 0 Å². The maximum atomic E-state index is 11.8. The zero-order valence-corrected chi connectivity index (χ0v) is 13.5. The SMILES string of the molecule is Cc1cccc(-c2cc(C(=O)Cl)c3ccc(C)c(C)c3n2)c1. The first kappa shape index (κ1) is 14.7. The molecular formula is C19H16ClNO. The number of halogens is 1. The molecule has 0 atom stereocenters. The quantitative estimate of drug-likeness (QED) is 0.608. The molecule has 110 valence electrons. The molecule has 0 aliphatic carbocycles. The second-order valence-corrected chi connectivity index (χ2v) is 5.95. The van der Waals surface area contributed by atoms with Crippen molar-refractivity contribution in [2.45, 2.75) is 20.8 Å². The molecule has 22 heavy (non-hydrogen) atoms. The Morgan fingerprint density at radius 1 is 1.05 bits per heavy atom. The van der Waals surface area contributed by atoms with Crippen molar-refractivity contribution in [3.05, 3.63) is 64.7 Å². The smallest absolute Gasteiger partial charge is 0.253 e. The zero-order valence-electron chi connectivity index (χ0n) is 12.8. The normalized spacial score (nSPS) is 10.9. The van der Waals surface area contributed by atoms with Crippen molar-refractivity contribution in [3.8, 4) is 11.3 Å². The fourth-order valence-corrected chi connectivity index (χ4v) is 2.80. The van der Waals surface area contributed by atoms with E-state index in [1.807, 2.05) is 51.1 Å². The van der Waals surface area contributed by atoms with Crippen LogP contribution in [0.4, 0.5) is 0 Å². The Bertz CT molecular complexity index is 899.